The fourth-order valence-corrected chi connectivity index (χ4v) is 11.6. The van der Waals surface area contributed by atoms with E-state index in [0.29, 0.717) is 34.8 Å². The molecule has 1 N–H and O–H groups in total. The zero-order valence-electron chi connectivity index (χ0n) is 36.5. The second-order valence-electron chi connectivity index (χ2n) is 16.8. The molecule has 2 unspecified atom stereocenters. The Balaban J connectivity index is 4.18. The van der Waals surface area contributed by atoms with Crippen LogP contribution < -0.4 is 0 Å². The Kier molecular flexibility index (Phi) is 37.8. The molecular weight excluding hydrogens is 711 g/mol. The molecule has 0 aliphatic rings. The lowest BCUT2D eigenvalue weighted by atomic mass is 9.97. The minimum absolute atomic E-state index is 0.0907. The summed E-state index contributed by atoms with van der Waals surface area (Å²) >= 11 is 0. The SMILES string of the molecule is CCCCCCC(CCCC)CS(=O)(=O)CCCCCCCCCN(C/C=C/CO)CCCCCCCCCS(=O)(=O)CC(CCCC)CCCCCC. The minimum Gasteiger partial charge on any atom is -0.392 e. The summed E-state index contributed by atoms with van der Waals surface area (Å²) in [5, 5.41) is 9.20. The second kappa shape index (κ2) is 38.1. The highest BCUT2D eigenvalue weighted by Gasteiger charge is 2.20. The van der Waals surface area contributed by atoms with E-state index in [4.69, 9.17) is 0 Å². The van der Waals surface area contributed by atoms with Crippen LogP contribution in [0.4, 0.5) is 0 Å². The lowest BCUT2D eigenvalue weighted by molar-refractivity contribution is 0.284. The van der Waals surface area contributed by atoms with Crippen LogP contribution in [0, 0.1) is 11.8 Å². The van der Waals surface area contributed by atoms with Crippen LogP contribution in [0.1, 0.15) is 220 Å². The van der Waals surface area contributed by atoms with Gasteiger partial charge < -0.3 is 5.11 Å². The maximum Gasteiger partial charge on any atom is 0.150 e. The molecule has 0 aliphatic heterocycles. The van der Waals surface area contributed by atoms with Crippen molar-refractivity contribution in [3.05, 3.63) is 12.2 Å². The monoisotopic (exact) mass is 804 g/mol. The van der Waals surface area contributed by atoms with Crippen LogP contribution in [0.2, 0.25) is 0 Å². The van der Waals surface area contributed by atoms with E-state index in [0.717, 1.165) is 110 Å². The van der Waals surface area contributed by atoms with Gasteiger partial charge >= 0.3 is 0 Å². The maximum absolute atomic E-state index is 12.9. The van der Waals surface area contributed by atoms with Crippen molar-refractivity contribution >= 4 is 19.7 Å². The van der Waals surface area contributed by atoms with E-state index >= 15 is 0 Å². The molecule has 0 aromatic rings. The summed E-state index contributed by atoms with van der Waals surface area (Å²) < 4.78 is 51.5. The van der Waals surface area contributed by atoms with Crippen LogP contribution in [-0.4, -0.2) is 76.1 Å². The van der Waals surface area contributed by atoms with Gasteiger partial charge in [0.15, 0.2) is 19.7 Å². The topological polar surface area (TPSA) is 91.8 Å². The van der Waals surface area contributed by atoms with Crippen molar-refractivity contribution < 1.29 is 21.9 Å². The van der Waals surface area contributed by atoms with Crippen molar-refractivity contribution in [2.75, 3.05) is 49.3 Å². The molecule has 54 heavy (non-hydrogen) atoms. The lowest BCUT2D eigenvalue weighted by Crippen LogP contribution is -2.26. The zero-order valence-corrected chi connectivity index (χ0v) is 38.2. The van der Waals surface area contributed by atoms with Crippen molar-refractivity contribution in [2.24, 2.45) is 11.8 Å². The normalized spacial score (nSPS) is 13.7. The number of aliphatic hydroxyl groups excluding tert-OH is 1. The summed E-state index contributed by atoms with van der Waals surface area (Å²) in [4.78, 5) is 2.51. The summed E-state index contributed by atoms with van der Waals surface area (Å²) in [5.41, 5.74) is 0. The molecule has 0 heterocycles. The first-order chi connectivity index (χ1) is 26.1. The Morgan fingerprint density at radius 2 is 0.759 bits per heavy atom. The number of hydrogen-bond acceptors (Lipinski definition) is 6. The van der Waals surface area contributed by atoms with E-state index in [1.54, 1.807) is 0 Å². The molecule has 8 heteroatoms. The molecule has 0 fully saturated rings. The van der Waals surface area contributed by atoms with E-state index < -0.39 is 19.7 Å². The van der Waals surface area contributed by atoms with Gasteiger partial charge in [-0.3, -0.25) is 4.90 Å². The Morgan fingerprint density at radius 3 is 1.13 bits per heavy atom. The summed E-state index contributed by atoms with van der Waals surface area (Å²) in [7, 11) is -5.91. The predicted molar refractivity (Wildman–Crippen MR) is 238 cm³/mol. The molecule has 2 atom stereocenters. The Labute approximate surface area is 338 Å². The number of unbranched alkanes of at least 4 members (excludes halogenated alkanes) is 20. The van der Waals surface area contributed by atoms with Gasteiger partial charge in [-0.25, -0.2) is 16.8 Å². The van der Waals surface area contributed by atoms with Crippen LogP contribution in [-0.2, 0) is 19.7 Å². The van der Waals surface area contributed by atoms with Crippen LogP contribution in [0.15, 0.2) is 12.2 Å². The van der Waals surface area contributed by atoms with E-state index in [1.165, 1.54) is 103 Å². The van der Waals surface area contributed by atoms with Crippen LogP contribution in [0.25, 0.3) is 0 Å². The number of hydrogen-bond donors (Lipinski definition) is 1. The number of aliphatic hydroxyl groups is 1. The average molecular weight is 804 g/mol. The van der Waals surface area contributed by atoms with Gasteiger partial charge in [-0.2, -0.15) is 0 Å². The first-order valence-corrected chi connectivity index (χ1v) is 27.2. The maximum atomic E-state index is 12.9. The molecule has 0 saturated heterocycles. The Bertz CT molecular complexity index is 956. The van der Waals surface area contributed by atoms with Gasteiger partial charge in [0.2, 0.25) is 0 Å². The molecule has 6 nitrogen and oxygen atoms in total. The lowest BCUT2D eigenvalue weighted by Gasteiger charge is -2.20. The van der Waals surface area contributed by atoms with Crippen molar-refractivity contribution in [1.82, 2.24) is 4.90 Å². The molecule has 0 radical (unpaired) electrons. The first kappa shape index (κ1) is 53.6. The highest BCUT2D eigenvalue weighted by molar-refractivity contribution is 7.91. The molecule has 0 bridgehead atoms. The minimum atomic E-state index is -2.95. The van der Waals surface area contributed by atoms with Crippen molar-refractivity contribution in [1.29, 1.82) is 0 Å². The summed E-state index contributed by atoms with van der Waals surface area (Å²) in [5.74, 6) is 2.23. The fourth-order valence-electron chi connectivity index (χ4n) is 7.89. The molecule has 0 spiro atoms. The van der Waals surface area contributed by atoms with Crippen LogP contribution in [0.3, 0.4) is 0 Å². The molecule has 0 aromatic heterocycles. The van der Waals surface area contributed by atoms with Gasteiger partial charge in [-0.15, -0.1) is 0 Å². The molecule has 0 rings (SSSR count). The molecule has 0 amide bonds. The second-order valence-corrected chi connectivity index (χ2v) is 21.3. The van der Waals surface area contributed by atoms with Crippen molar-refractivity contribution in [2.45, 2.75) is 220 Å². The molecule has 0 saturated carbocycles. The molecule has 324 valence electrons. The third-order valence-corrected chi connectivity index (χ3v) is 15.1. The van der Waals surface area contributed by atoms with Gasteiger partial charge in [0.25, 0.3) is 0 Å². The molecular formula is C46H93NO5S2. The number of sulfone groups is 2. The largest absolute Gasteiger partial charge is 0.392 e. The first-order valence-electron chi connectivity index (χ1n) is 23.5. The van der Waals surface area contributed by atoms with Gasteiger partial charge in [-0.1, -0.05) is 181 Å². The standard InChI is InChI=1S/C46H93NO5S2/c1-5-9-13-25-35-45(33-11-7-3)43-53(49,50)41-31-23-19-15-17-21-27-37-47(39-29-30-40-48)38-28-22-18-16-20-24-32-42-54(51,52)44-46(34-12-8-4)36-26-14-10-6-2/h29-30,45-46,48H,5-28,31-44H2,1-4H3/b30-29+. The van der Waals surface area contributed by atoms with Gasteiger partial charge in [0.05, 0.1) is 29.6 Å². The predicted octanol–water partition coefficient (Wildman–Crippen LogP) is 12.7. The van der Waals surface area contributed by atoms with Crippen LogP contribution in [0.5, 0.6) is 0 Å². The summed E-state index contributed by atoms with van der Waals surface area (Å²) in [6, 6.07) is 0. The quantitative estimate of drug-likeness (QED) is 0.0487. The van der Waals surface area contributed by atoms with Gasteiger partial charge in [-0.05, 0) is 76.3 Å². The van der Waals surface area contributed by atoms with E-state index in [9.17, 15) is 21.9 Å². The van der Waals surface area contributed by atoms with Gasteiger partial charge in [0.1, 0.15) is 0 Å². The van der Waals surface area contributed by atoms with E-state index in [-0.39, 0.29) is 6.61 Å². The third-order valence-electron chi connectivity index (χ3n) is 11.3. The molecule has 0 aliphatic carbocycles. The van der Waals surface area contributed by atoms with Crippen LogP contribution >= 0.6 is 0 Å². The zero-order chi connectivity index (χ0) is 40.0. The smallest absolute Gasteiger partial charge is 0.150 e. The number of nitrogens with zero attached hydrogens (tertiary/aromatic N) is 1. The average Bonchev–Trinajstić information content (AvgIpc) is 3.14. The van der Waals surface area contributed by atoms with Gasteiger partial charge in [0, 0.05) is 6.54 Å². The van der Waals surface area contributed by atoms with E-state index in [2.05, 4.69) is 38.7 Å². The highest BCUT2D eigenvalue weighted by Crippen LogP contribution is 2.22. The van der Waals surface area contributed by atoms with Crippen molar-refractivity contribution in [3.63, 3.8) is 0 Å². The Morgan fingerprint density at radius 1 is 0.426 bits per heavy atom. The fraction of sp³-hybridized carbons (Fsp3) is 0.957. The number of rotatable bonds is 43. The molecule has 0 aromatic carbocycles. The van der Waals surface area contributed by atoms with E-state index in [1.807, 2.05) is 6.08 Å². The highest BCUT2D eigenvalue weighted by atomic mass is 32.2. The summed E-state index contributed by atoms with van der Waals surface area (Å²) in [6.07, 6.45) is 38.0. The third kappa shape index (κ3) is 35.9. The Hall–Kier alpha value is -0.440. The van der Waals surface area contributed by atoms with Crippen molar-refractivity contribution in [3.8, 4) is 0 Å². The summed E-state index contributed by atoms with van der Waals surface area (Å²) in [6.45, 7) is 12.0.